The maximum absolute atomic E-state index is 12.6. The Balaban J connectivity index is 1.34. The minimum atomic E-state index is -3.68. The summed E-state index contributed by atoms with van der Waals surface area (Å²) in [7, 11) is -2.08. The number of rotatable bonds is 7. The van der Waals surface area contributed by atoms with Crippen molar-refractivity contribution in [3.05, 3.63) is 57.0 Å². The van der Waals surface area contributed by atoms with Gasteiger partial charge in [0, 0.05) is 20.0 Å². The van der Waals surface area contributed by atoms with Crippen molar-refractivity contribution in [2.24, 2.45) is 0 Å². The number of H-pyrrole nitrogens is 1. The highest BCUT2D eigenvalue weighted by atomic mass is 32.2. The van der Waals surface area contributed by atoms with Crippen LogP contribution in [-0.4, -0.2) is 42.8 Å². The van der Waals surface area contributed by atoms with Crippen molar-refractivity contribution in [3.63, 3.8) is 0 Å². The number of benzene rings is 1. The maximum Gasteiger partial charge on any atom is 0.268 e. The predicted octanol–water partition coefficient (Wildman–Crippen LogP) is 2.19. The molecule has 2 N–H and O–H groups in total. The van der Waals surface area contributed by atoms with Crippen LogP contribution in [-0.2, 0) is 34.2 Å². The first-order chi connectivity index (χ1) is 14.8. The molecule has 0 saturated carbocycles. The molecule has 0 saturated heterocycles. The summed E-state index contributed by atoms with van der Waals surface area (Å²) in [6.07, 6.45) is 4.10. The second kappa shape index (κ2) is 8.89. The summed E-state index contributed by atoms with van der Waals surface area (Å²) in [4.78, 5) is 33.2. The van der Waals surface area contributed by atoms with E-state index in [1.54, 1.807) is 30.6 Å². The van der Waals surface area contributed by atoms with Crippen molar-refractivity contribution >= 4 is 37.5 Å². The molecule has 1 aliphatic carbocycles. The average molecular weight is 461 g/mol. The van der Waals surface area contributed by atoms with Crippen LogP contribution in [0.25, 0.3) is 10.2 Å². The van der Waals surface area contributed by atoms with Gasteiger partial charge in [-0.05, 0) is 60.4 Å². The zero-order valence-corrected chi connectivity index (χ0v) is 18.8. The number of nitrogens with zero attached hydrogens (tertiary/aromatic N) is 2. The summed E-state index contributed by atoms with van der Waals surface area (Å²) in [5, 5.41) is 1.79. The van der Waals surface area contributed by atoms with Crippen LogP contribution in [0.1, 0.15) is 36.2 Å². The lowest BCUT2D eigenvalue weighted by atomic mass is 9.92. The fourth-order valence-electron chi connectivity index (χ4n) is 3.75. The molecule has 3 aromatic rings. The van der Waals surface area contributed by atoms with E-state index in [1.807, 2.05) is 6.07 Å². The van der Waals surface area contributed by atoms with Crippen LogP contribution in [0.15, 0.2) is 39.3 Å². The van der Waals surface area contributed by atoms with Crippen LogP contribution in [0.2, 0.25) is 0 Å². The molecular formula is C21H24N4O4S2. The van der Waals surface area contributed by atoms with Crippen molar-refractivity contribution in [1.82, 2.24) is 19.6 Å². The zero-order chi connectivity index (χ0) is 22.0. The summed E-state index contributed by atoms with van der Waals surface area (Å²) in [5.41, 5.74) is 2.68. The predicted molar refractivity (Wildman–Crippen MR) is 120 cm³/mol. The number of aromatic amines is 1. The summed E-state index contributed by atoms with van der Waals surface area (Å²) in [6, 6.07) is 7.02. The second-order valence-electron chi connectivity index (χ2n) is 7.68. The minimum absolute atomic E-state index is 0.00386. The third kappa shape index (κ3) is 4.86. The SMILES string of the molecule is CN(Cc1nc2ccsc2c(=O)[nH]1)C(=O)CCNS(=O)(=O)c1ccc2c(c1)CCCC2. The molecular weight excluding hydrogens is 436 g/mol. The average Bonchev–Trinajstić information content (AvgIpc) is 3.22. The quantitative estimate of drug-likeness (QED) is 0.561. The molecule has 0 unspecified atom stereocenters. The van der Waals surface area contributed by atoms with E-state index in [-0.39, 0.29) is 35.9 Å². The highest BCUT2D eigenvalue weighted by Gasteiger charge is 2.19. The standard InChI is InChI=1S/C21H24N4O4S2/c1-25(13-18-23-17-9-11-30-20(17)21(27)24-18)19(26)8-10-22-31(28,29)16-7-6-14-4-2-3-5-15(14)12-16/h6-7,9,11-12,22H,2-5,8,10,13H2,1H3,(H,23,24,27). The molecule has 1 aliphatic rings. The number of nitrogens with one attached hydrogen (secondary N) is 2. The Labute approximate surface area is 184 Å². The molecule has 0 radical (unpaired) electrons. The number of carbonyl (C=O) groups excluding carboxylic acids is 1. The summed E-state index contributed by atoms with van der Waals surface area (Å²) in [5.74, 6) is 0.141. The summed E-state index contributed by atoms with van der Waals surface area (Å²) in [6.45, 7) is 0.132. The normalized spacial score (nSPS) is 13.8. The number of aromatic nitrogens is 2. The van der Waals surface area contributed by atoms with Crippen molar-refractivity contribution in [1.29, 1.82) is 0 Å². The largest absolute Gasteiger partial charge is 0.338 e. The first kappa shape index (κ1) is 21.7. The van der Waals surface area contributed by atoms with Gasteiger partial charge in [-0.1, -0.05) is 6.07 Å². The van der Waals surface area contributed by atoms with Gasteiger partial charge in [-0.2, -0.15) is 0 Å². The molecule has 164 valence electrons. The van der Waals surface area contributed by atoms with Crippen LogP contribution in [0, 0.1) is 0 Å². The molecule has 1 aromatic carbocycles. The lowest BCUT2D eigenvalue weighted by Gasteiger charge is -2.18. The Kier molecular flexibility index (Phi) is 6.22. The van der Waals surface area contributed by atoms with Crippen molar-refractivity contribution in [2.45, 2.75) is 43.5 Å². The third-order valence-corrected chi connectivity index (χ3v) is 7.80. The zero-order valence-electron chi connectivity index (χ0n) is 17.2. The smallest absolute Gasteiger partial charge is 0.268 e. The van der Waals surface area contributed by atoms with E-state index in [1.165, 1.54) is 21.8 Å². The van der Waals surface area contributed by atoms with Crippen LogP contribution in [0.4, 0.5) is 0 Å². The van der Waals surface area contributed by atoms with Gasteiger partial charge >= 0.3 is 0 Å². The van der Waals surface area contributed by atoms with Gasteiger partial charge in [0.05, 0.1) is 17.0 Å². The molecule has 0 atom stereocenters. The van der Waals surface area contributed by atoms with Gasteiger partial charge in [-0.25, -0.2) is 18.1 Å². The number of thiophene rings is 1. The number of amides is 1. The molecule has 10 heteroatoms. The Morgan fingerprint density at radius 3 is 2.81 bits per heavy atom. The van der Waals surface area contributed by atoms with Crippen LogP contribution >= 0.6 is 11.3 Å². The lowest BCUT2D eigenvalue weighted by molar-refractivity contribution is -0.130. The lowest BCUT2D eigenvalue weighted by Crippen LogP contribution is -2.32. The monoisotopic (exact) mass is 460 g/mol. The van der Waals surface area contributed by atoms with Gasteiger partial charge < -0.3 is 9.88 Å². The molecule has 0 aliphatic heterocycles. The topological polar surface area (TPSA) is 112 Å². The number of aryl methyl sites for hydroxylation is 2. The first-order valence-corrected chi connectivity index (χ1v) is 12.5. The number of carbonyl (C=O) groups is 1. The number of sulfonamides is 1. The van der Waals surface area contributed by atoms with Gasteiger partial charge in [-0.15, -0.1) is 11.3 Å². The Morgan fingerprint density at radius 1 is 1.23 bits per heavy atom. The molecule has 4 rings (SSSR count). The molecule has 1 amide bonds. The molecule has 2 aromatic heterocycles. The first-order valence-electron chi connectivity index (χ1n) is 10.2. The molecule has 2 heterocycles. The Hall–Kier alpha value is -2.56. The highest BCUT2D eigenvalue weighted by Crippen LogP contribution is 2.24. The van der Waals surface area contributed by atoms with Crippen LogP contribution in [0.3, 0.4) is 0 Å². The van der Waals surface area contributed by atoms with E-state index in [2.05, 4.69) is 14.7 Å². The second-order valence-corrected chi connectivity index (χ2v) is 10.4. The van der Waals surface area contributed by atoms with E-state index in [0.717, 1.165) is 31.2 Å². The molecule has 8 nitrogen and oxygen atoms in total. The van der Waals surface area contributed by atoms with E-state index >= 15 is 0 Å². The van der Waals surface area contributed by atoms with E-state index in [4.69, 9.17) is 0 Å². The highest BCUT2D eigenvalue weighted by molar-refractivity contribution is 7.89. The van der Waals surface area contributed by atoms with Gasteiger partial charge in [-0.3, -0.25) is 9.59 Å². The summed E-state index contributed by atoms with van der Waals surface area (Å²) >= 11 is 1.31. The van der Waals surface area contributed by atoms with Gasteiger partial charge in [0.15, 0.2) is 0 Å². The van der Waals surface area contributed by atoms with Gasteiger partial charge in [0.25, 0.3) is 5.56 Å². The third-order valence-electron chi connectivity index (χ3n) is 5.44. The van der Waals surface area contributed by atoms with E-state index in [0.29, 0.717) is 16.0 Å². The fraction of sp³-hybridized carbons (Fsp3) is 0.381. The minimum Gasteiger partial charge on any atom is -0.338 e. The molecule has 0 spiro atoms. The number of hydrogen-bond acceptors (Lipinski definition) is 6. The van der Waals surface area contributed by atoms with E-state index < -0.39 is 10.0 Å². The molecule has 0 fully saturated rings. The van der Waals surface area contributed by atoms with E-state index in [9.17, 15) is 18.0 Å². The van der Waals surface area contributed by atoms with Gasteiger partial charge in [0.1, 0.15) is 10.5 Å². The van der Waals surface area contributed by atoms with Crippen LogP contribution < -0.4 is 10.3 Å². The molecule has 0 bridgehead atoms. The fourth-order valence-corrected chi connectivity index (χ4v) is 5.56. The number of fused-ring (bicyclic) bond motifs is 2. The van der Waals surface area contributed by atoms with Gasteiger partial charge in [0.2, 0.25) is 15.9 Å². The van der Waals surface area contributed by atoms with Crippen molar-refractivity contribution < 1.29 is 13.2 Å². The Bertz CT molecular complexity index is 1280. The van der Waals surface area contributed by atoms with Crippen molar-refractivity contribution in [2.75, 3.05) is 13.6 Å². The Morgan fingerprint density at radius 2 is 2.00 bits per heavy atom. The summed E-state index contributed by atoms with van der Waals surface area (Å²) < 4.78 is 28.3. The maximum atomic E-state index is 12.6. The molecule has 31 heavy (non-hydrogen) atoms. The van der Waals surface area contributed by atoms with Crippen molar-refractivity contribution in [3.8, 4) is 0 Å². The van der Waals surface area contributed by atoms with Crippen LogP contribution in [0.5, 0.6) is 0 Å². The number of hydrogen-bond donors (Lipinski definition) is 2.